The van der Waals surface area contributed by atoms with Gasteiger partial charge in [-0.3, -0.25) is 4.79 Å². The second kappa shape index (κ2) is 5.77. The highest BCUT2D eigenvalue weighted by Crippen LogP contribution is 2.24. The second-order valence-electron chi connectivity index (χ2n) is 4.62. The topological polar surface area (TPSA) is 70.0 Å². The molecule has 0 radical (unpaired) electrons. The normalized spacial score (nSPS) is 23.4. The maximum Gasteiger partial charge on any atom is 0.257 e. The Kier molecular flexibility index (Phi) is 4.29. The smallest absolute Gasteiger partial charge is 0.257 e. The van der Waals surface area contributed by atoms with Gasteiger partial charge in [0.1, 0.15) is 5.75 Å². The Hall–Kier alpha value is -1.30. The Balaban J connectivity index is 2.18. The summed E-state index contributed by atoms with van der Waals surface area (Å²) < 4.78 is 5.47. The fourth-order valence-electron chi connectivity index (χ4n) is 2.17. The average molecular weight is 286 g/mol. The zero-order chi connectivity index (χ0) is 14.0. The van der Waals surface area contributed by atoms with Gasteiger partial charge in [0, 0.05) is 18.1 Å². The average Bonchev–Trinajstić information content (AvgIpc) is 2.37. The van der Waals surface area contributed by atoms with E-state index in [1.165, 1.54) is 12.1 Å². The number of morpholine rings is 1. The van der Waals surface area contributed by atoms with Gasteiger partial charge in [-0.25, -0.2) is 0 Å². The molecule has 6 heteroatoms. The van der Waals surface area contributed by atoms with Gasteiger partial charge < -0.3 is 19.8 Å². The Morgan fingerprint density at radius 2 is 2.26 bits per heavy atom. The van der Waals surface area contributed by atoms with E-state index in [9.17, 15) is 9.90 Å². The highest BCUT2D eigenvalue weighted by atomic mass is 35.5. The third-order valence-corrected chi connectivity index (χ3v) is 3.24. The van der Waals surface area contributed by atoms with Gasteiger partial charge in [0.05, 0.1) is 24.4 Å². The van der Waals surface area contributed by atoms with E-state index >= 15 is 0 Å². The van der Waals surface area contributed by atoms with E-state index in [2.05, 4.69) is 0 Å². The summed E-state index contributed by atoms with van der Waals surface area (Å²) in [5.41, 5.74) is 0.204. The van der Waals surface area contributed by atoms with Gasteiger partial charge in [-0.1, -0.05) is 11.6 Å². The third-order valence-electron chi connectivity index (χ3n) is 3.01. The molecule has 1 aromatic rings. The van der Waals surface area contributed by atoms with E-state index in [4.69, 9.17) is 21.4 Å². The SMILES string of the molecule is CC1CN(C(=O)c2ccc(Cl)cc2O)CC(CO)O1. The van der Waals surface area contributed by atoms with Crippen LogP contribution in [0.5, 0.6) is 5.75 Å². The van der Waals surface area contributed by atoms with Gasteiger partial charge in [0.2, 0.25) is 0 Å². The van der Waals surface area contributed by atoms with Gasteiger partial charge in [0.15, 0.2) is 0 Å². The van der Waals surface area contributed by atoms with Crippen LogP contribution in [0.4, 0.5) is 0 Å². The summed E-state index contributed by atoms with van der Waals surface area (Å²) in [5.74, 6) is -0.431. The Labute approximate surface area is 116 Å². The van der Waals surface area contributed by atoms with Crippen molar-refractivity contribution in [3.05, 3.63) is 28.8 Å². The minimum absolute atomic E-state index is 0.138. The quantitative estimate of drug-likeness (QED) is 0.858. The zero-order valence-corrected chi connectivity index (χ0v) is 11.3. The van der Waals surface area contributed by atoms with Crippen molar-refractivity contribution in [1.29, 1.82) is 0 Å². The molecular weight excluding hydrogens is 270 g/mol. The number of hydrogen-bond donors (Lipinski definition) is 2. The van der Waals surface area contributed by atoms with Crippen LogP contribution in [0.3, 0.4) is 0 Å². The third kappa shape index (κ3) is 3.18. The van der Waals surface area contributed by atoms with Crippen LogP contribution in [-0.2, 0) is 4.74 Å². The minimum atomic E-state index is -0.387. The molecule has 1 fully saturated rings. The Morgan fingerprint density at radius 3 is 2.89 bits per heavy atom. The summed E-state index contributed by atoms with van der Waals surface area (Å²) in [6, 6.07) is 4.39. The first kappa shape index (κ1) is 14.1. The van der Waals surface area contributed by atoms with Crippen LogP contribution < -0.4 is 0 Å². The van der Waals surface area contributed by atoms with Crippen molar-refractivity contribution in [2.24, 2.45) is 0 Å². The molecule has 1 aliphatic heterocycles. The summed E-state index contributed by atoms with van der Waals surface area (Å²) >= 11 is 5.74. The highest BCUT2D eigenvalue weighted by molar-refractivity contribution is 6.30. The first-order valence-corrected chi connectivity index (χ1v) is 6.43. The van der Waals surface area contributed by atoms with Gasteiger partial charge in [-0.15, -0.1) is 0 Å². The van der Waals surface area contributed by atoms with E-state index in [0.29, 0.717) is 18.1 Å². The number of aliphatic hydroxyl groups is 1. The first-order valence-electron chi connectivity index (χ1n) is 6.05. The van der Waals surface area contributed by atoms with Crippen molar-refractivity contribution in [3.8, 4) is 5.75 Å². The molecule has 19 heavy (non-hydrogen) atoms. The summed E-state index contributed by atoms with van der Waals surface area (Å²) in [6.45, 7) is 2.43. The molecule has 0 saturated carbocycles. The lowest BCUT2D eigenvalue weighted by atomic mass is 10.1. The molecule has 1 aliphatic rings. The molecule has 2 rings (SSSR count). The van der Waals surface area contributed by atoms with Crippen molar-refractivity contribution in [2.45, 2.75) is 19.1 Å². The lowest BCUT2D eigenvalue weighted by molar-refractivity contribution is -0.0859. The molecule has 0 spiro atoms. The maximum absolute atomic E-state index is 12.3. The second-order valence-corrected chi connectivity index (χ2v) is 5.06. The summed E-state index contributed by atoms with van der Waals surface area (Å²) in [6.07, 6.45) is -0.536. The number of phenolic OH excluding ortho intramolecular Hbond substituents is 1. The summed E-state index contributed by atoms with van der Waals surface area (Å²) in [7, 11) is 0. The van der Waals surface area contributed by atoms with E-state index in [1.807, 2.05) is 6.92 Å². The number of hydrogen-bond acceptors (Lipinski definition) is 4. The molecule has 1 heterocycles. The van der Waals surface area contributed by atoms with E-state index in [0.717, 1.165) is 0 Å². The van der Waals surface area contributed by atoms with Crippen LogP contribution in [0.2, 0.25) is 5.02 Å². The number of halogens is 1. The van der Waals surface area contributed by atoms with Crippen molar-refractivity contribution >= 4 is 17.5 Å². The van der Waals surface area contributed by atoms with Crippen LogP contribution in [0.15, 0.2) is 18.2 Å². The maximum atomic E-state index is 12.3. The number of aromatic hydroxyl groups is 1. The molecule has 0 aliphatic carbocycles. The van der Waals surface area contributed by atoms with Crippen LogP contribution in [0.25, 0.3) is 0 Å². The van der Waals surface area contributed by atoms with Crippen molar-refractivity contribution in [2.75, 3.05) is 19.7 Å². The number of rotatable bonds is 2. The fourth-order valence-corrected chi connectivity index (χ4v) is 2.33. The molecule has 5 nitrogen and oxygen atoms in total. The van der Waals surface area contributed by atoms with Gasteiger partial charge in [-0.2, -0.15) is 0 Å². The van der Waals surface area contributed by atoms with Gasteiger partial charge in [0.25, 0.3) is 5.91 Å². The van der Waals surface area contributed by atoms with Crippen LogP contribution in [0.1, 0.15) is 17.3 Å². The minimum Gasteiger partial charge on any atom is -0.507 e. The summed E-state index contributed by atoms with van der Waals surface area (Å²) in [4.78, 5) is 13.9. The lowest BCUT2D eigenvalue weighted by Crippen LogP contribution is -2.50. The van der Waals surface area contributed by atoms with Crippen LogP contribution in [0, 0.1) is 0 Å². The van der Waals surface area contributed by atoms with E-state index in [1.54, 1.807) is 11.0 Å². The molecule has 0 aromatic heterocycles. The fraction of sp³-hybridized carbons (Fsp3) is 0.462. The Morgan fingerprint density at radius 1 is 1.53 bits per heavy atom. The molecular formula is C13H16ClNO4. The highest BCUT2D eigenvalue weighted by Gasteiger charge is 2.29. The van der Waals surface area contributed by atoms with Crippen LogP contribution in [-0.4, -0.2) is 52.9 Å². The zero-order valence-electron chi connectivity index (χ0n) is 10.5. The van der Waals surface area contributed by atoms with E-state index < -0.39 is 0 Å². The van der Waals surface area contributed by atoms with Crippen molar-refractivity contribution in [1.82, 2.24) is 4.90 Å². The molecule has 1 aromatic carbocycles. The molecule has 1 saturated heterocycles. The number of benzene rings is 1. The molecule has 2 unspecified atom stereocenters. The molecule has 104 valence electrons. The standard InChI is InChI=1S/C13H16ClNO4/c1-8-5-15(6-10(7-16)19-8)13(18)11-3-2-9(14)4-12(11)17/h2-4,8,10,16-17H,5-7H2,1H3. The molecule has 0 bridgehead atoms. The van der Waals surface area contributed by atoms with Crippen LogP contribution >= 0.6 is 11.6 Å². The van der Waals surface area contributed by atoms with Crippen molar-refractivity contribution in [3.63, 3.8) is 0 Å². The number of ether oxygens (including phenoxy) is 1. The number of carbonyl (C=O) groups excluding carboxylic acids is 1. The predicted molar refractivity (Wildman–Crippen MR) is 70.4 cm³/mol. The summed E-state index contributed by atoms with van der Waals surface area (Å²) in [5, 5.41) is 19.3. The monoisotopic (exact) mass is 285 g/mol. The molecule has 2 N–H and O–H groups in total. The van der Waals surface area contributed by atoms with Gasteiger partial charge in [-0.05, 0) is 25.1 Å². The predicted octanol–water partition coefficient (Wildman–Crippen LogP) is 1.27. The van der Waals surface area contributed by atoms with Gasteiger partial charge >= 0.3 is 0 Å². The molecule has 1 amide bonds. The Bertz CT molecular complexity index is 480. The lowest BCUT2D eigenvalue weighted by Gasteiger charge is -2.36. The largest absolute Gasteiger partial charge is 0.507 e. The number of phenols is 1. The number of amides is 1. The van der Waals surface area contributed by atoms with E-state index in [-0.39, 0.29) is 36.0 Å². The number of carbonyl (C=O) groups is 1. The number of nitrogens with zero attached hydrogens (tertiary/aromatic N) is 1. The van der Waals surface area contributed by atoms with Crippen molar-refractivity contribution < 1.29 is 19.7 Å². The molecule has 2 atom stereocenters. The number of aliphatic hydroxyl groups excluding tert-OH is 1. The first-order chi connectivity index (χ1) is 9.01.